The van der Waals surface area contributed by atoms with Gasteiger partial charge in [-0.15, -0.1) is 5.10 Å². The van der Waals surface area contributed by atoms with E-state index in [9.17, 15) is 24.3 Å². The molecule has 1 unspecified atom stereocenters. The summed E-state index contributed by atoms with van der Waals surface area (Å²) < 4.78 is 21.4. The standard InChI is InChI=1S/C57H59N7O8/c1-6-39-44-27-38(22-24-49(44)58-53-45(39)30-63-51(53)28-48-47(54(63)66)33-70-55(67)57(48,69)7-2)72-34-64(37-16-10-8-11-17-37)56(68)71-32-46-41-19-14-13-18-40(41)42-23-21-36(26-43(42)46)29-61(5)52(65)20-12-9-15-25-62-31-50(35(3)4)59-60-62/h8,10-11,13-14,16-19,21-24,26-28,31,35,46,69H,6-7,9,12,15,20,25,29-30,32-34H2,1-5H3/t46?,57-/m0/s1. The molecule has 3 aliphatic rings. The Bertz CT molecular complexity index is 3290. The number of ether oxygens (including phenoxy) is 3. The molecule has 4 aromatic carbocycles. The number of aryl methyl sites for hydroxylation is 2. The van der Waals surface area contributed by atoms with Gasteiger partial charge >= 0.3 is 12.1 Å². The van der Waals surface area contributed by atoms with Gasteiger partial charge in [0.05, 0.1) is 40.4 Å². The molecule has 0 radical (unpaired) electrons. The largest absolute Gasteiger partial charge is 0.473 e. The lowest BCUT2D eigenvalue weighted by Crippen LogP contribution is -2.44. The molecule has 7 aromatic rings. The summed E-state index contributed by atoms with van der Waals surface area (Å²) >= 11 is 0. The van der Waals surface area contributed by atoms with Gasteiger partial charge in [-0.3, -0.25) is 14.3 Å². The van der Waals surface area contributed by atoms with Gasteiger partial charge in [-0.25, -0.2) is 19.5 Å². The first-order chi connectivity index (χ1) is 34.9. The number of amides is 2. The quantitative estimate of drug-likeness (QED) is 0.0524. The Kier molecular flexibility index (Phi) is 13.2. The van der Waals surface area contributed by atoms with Crippen molar-refractivity contribution >= 4 is 34.6 Å². The molecule has 2 amide bonds. The lowest BCUT2D eigenvalue weighted by molar-refractivity contribution is -0.172. The van der Waals surface area contributed by atoms with Crippen molar-refractivity contribution in [2.24, 2.45) is 0 Å². The molecular formula is C57H59N7O8. The third kappa shape index (κ3) is 8.90. The van der Waals surface area contributed by atoms with Gasteiger partial charge in [-0.2, -0.15) is 0 Å². The second kappa shape index (κ2) is 19.9. The molecule has 1 aliphatic carbocycles. The minimum Gasteiger partial charge on any atom is -0.473 e. The fourth-order valence-electron chi connectivity index (χ4n) is 10.5. The lowest BCUT2D eigenvalue weighted by Gasteiger charge is -2.31. The number of anilines is 1. The number of carbonyl (C=O) groups is 3. The number of benzene rings is 4. The van der Waals surface area contributed by atoms with Crippen LogP contribution in [0.15, 0.2) is 108 Å². The van der Waals surface area contributed by atoms with E-state index in [0.29, 0.717) is 53.6 Å². The monoisotopic (exact) mass is 969 g/mol. The van der Waals surface area contributed by atoms with Crippen LogP contribution >= 0.6 is 0 Å². The number of aromatic nitrogens is 5. The Hall–Kier alpha value is -7.65. The molecule has 10 rings (SSSR count). The molecule has 370 valence electrons. The zero-order valence-corrected chi connectivity index (χ0v) is 41.4. The van der Waals surface area contributed by atoms with Crippen molar-refractivity contribution in [1.82, 2.24) is 29.4 Å². The molecule has 5 heterocycles. The fourth-order valence-corrected chi connectivity index (χ4v) is 10.5. The van der Waals surface area contributed by atoms with E-state index in [0.717, 1.165) is 75.8 Å². The number of pyridine rings is 2. The average molecular weight is 970 g/mol. The molecule has 0 fully saturated rings. The normalized spacial score (nSPS) is 16.2. The number of hydrogen-bond acceptors (Lipinski definition) is 11. The second-order valence-corrected chi connectivity index (χ2v) is 19.4. The highest BCUT2D eigenvalue weighted by Gasteiger charge is 2.45. The third-order valence-electron chi connectivity index (χ3n) is 14.5. The summed E-state index contributed by atoms with van der Waals surface area (Å²) in [5.74, 6) is -0.0515. The summed E-state index contributed by atoms with van der Waals surface area (Å²) in [5, 5.41) is 20.7. The number of rotatable bonds is 17. The van der Waals surface area contributed by atoms with Gasteiger partial charge in [-0.05, 0) is 101 Å². The number of nitrogens with zero attached hydrogens (tertiary/aromatic N) is 7. The highest BCUT2D eigenvalue weighted by Crippen LogP contribution is 2.46. The van der Waals surface area contributed by atoms with Crippen LogP contribution in [0.5, 0.6) is 5.75 Å². The van der Waals surface area contributed by atoms with Crippen LogP contribution in [0.25, 0.3) is 33.4 Å². The molecule has 0 saturated carbocycles. The molecule has 1 N–H and O–H groups in total. The van der Waals surface area contributed by atoms with Crippen molar-refractivity contribution in [3.63, 3.8) is 0 Å². The number of esters is 1. The van der Waals surface area contributed by atoms with Crippen LogP contribution in [-0.4, -0.2) is 72.9 Å². The Morgan fingerprint density at radius 3 is 2.49 bits per heavy atom. The van der Waals surface area contributed by atoms with E-state index in [-0.39, 0.29) is 61.4 Å². The Morgan fingerprint density at radius 1 is 0.917 bits per heavy atom. The first kappa shape index (κ1) is 48.0. The number of para-hydroxylation sites is 1. The maximum Gasteiger partial charge on any atom is 0.417 e. The molecule has 2 aliphatic heterocycles. The average Bonchev–Trinajstić information content (AvgIpc) is 4.11. The number of hydrogen-bond donors (Lipinski definition) is 1. The predicted octanol–water partition coefficient (Wildman–Crippen LogP) is 9.37. The van der Waals surface area contributed by atoms with E-state index in [1.54, 1.807) is 28.5 Å². The SMILES string of the molecule is CCc1c2c(nc3ccc(OCN(C(=O)OCC4c5ccccc5-c5ccc(CN(C)C(=O)CCCCCn6cc(C(C)C)nn6)cc54)c4ccccc4)cc13)-c1cc3c(c(=O)n1C2)COC(=O)[C@]3(O)CC. The number of carbonyl (C=O) groups excluding carboxylic acids is 3. The van der Waals surface area contributed by atoms with Crippen molar-refractivity contribution in [3.05, 3.63) is 158 Å². The number of unbranched alkanes of at least 4 members (excludes halogenated alkanes) is 2. The van der Waals surface area contributed by atoms with Crippen LogP contribution < -0.4 is 15.2 Å². The third-order valence-corrected chi connectivity index (χ3v) is 14.5. The van der Waals surface area contributed by atoms with Crippen molar-refractivity contribution in [2.45, 2.75) is 110 Å². The second-order valence-electron chi connectivity index (χ2n) is 19.4. The predicted molar refractivity (Wildman–Crippen MR) is 272 cm³/mol. The minimum atomic E-state index is -1.92. The van der Waals surface area contributed by atoms with Crippen molar-refractivity contribution in [3.8, 4) is 28.3 Å². The number of fused-ring (bicyclic) bond motifs is 8. The van der Waals surface area contributed by atoms with Crippen LogP contribution in [0.2, 0.25) is 0 Å². The van der Waals surface area contributed by atoms with Crippen molar-refractivity contribution in [1.29, 1.82) is 0 Å². The zero-order valence-electron chi connectivity index (χ0n) is 41.4. The van der Waals surface area contributed by atoms with Crippen LogP contribution in [0.3, 0.4) is 0 Å². The van der Waals surface area contributed by atoms with E-state index in [2.05, 4.69) is 54.5 Å². The van der Waals surface area contributed by atoms with E-state index < -0.39 is 17.7 Å². The molecular weight excluding hydrogens is 911 g/mol. The summed E-state index contributed by atoms with van der Waals surface area (Å²) in [6.07, 6.45) is 5.23. The molecule has 2 atom stereocenters. The molecule has 72 heavy (non-hydrogen) atoms. The van der Waals surface area contributed by atoms with Gasteiger partial charge in [0.15, 0.2) is 12.3 Å². The van der Waals surface area contributed by atoms with Gasteiger partial charge in [0.2, 0.25) is 5.91 Å². The summed E-state index contributed by atoms with van der Waals surface area (Å²) in [5.41, 5.74) is 8.91. The molecule has 0 bridgehead atoms. The van der Waals surface area contributed by atoms with E-state index in [1.165, 1.54) is 4.90 Å². The summed E-state index contributed by atoms with van der Waals surface area (Å²) in [6, 6.07) is 31.1. The fraction of sp³-hybridized carbons (Fsp3) is 0.351. The van der Waals surface area contributed by atoms with Gasteiger partial charge in [0, 0.05) is 55.2 Å². The Labute approximate surface area is 418 Å². The van der Waals surface area contributed by atoms with Crippen LogP contribution in [0, 0.1) is 0 Å². The van der Waals surface area contributed by atoms with Crippen LogP contribution in [0.1, 0.15) is 116 Å². The maximum atomic E-state index is 14.3. The van der Waals surface area contributed by atoms with Gasteiger partial charge in [0.1, 0.15) is 19.0 Å². The maximum absolute atomic E-state index is 14.3. The van der Waals surface area contributed by atoms with Gasteiger partial charge in [0.25, 0.3) is 5.56 Å². The lowest BCUT2D eigenvalue weighted by atomic mass is 9.86. The Balaban J connectivity index is 0.826. The molecule has 0 spiro atoms. The van der Waals surface area contributed by atoms with Gasteiger partial charge < -0.3 is 28.8 Å². The summed E-state index contributed by atoms with van der Waals surface area (Å²) in [6.45, 7) is 9.19. The highest BCUT2D eigenvalue weighted by atomic mass is 16.6. The van der Waals surface area contributed by atoms with E-state index in [4.69, 9.17) is 19.2 Å². The summed E-state index contributed by atoms with van der Waals surface area (Å²) in [4.78, 5) is 62.5. The minimum absolute atomic E-state index is 0.0600. The molecule has 15 nitrogen and oxygen atoms in total. The molecule has 3 aromatic heterocycles. The van der Waals surface area contributed by atoms with E-state index in [1.807, 2.05) is 79.4 Å². The van der Waals surface area contributed by atoms with Crippen LogP contribution in [0.4, 0.5) is 10.5 Å². The van der Waals surface area contributed by atoms with E-state index >= 15 is 0 Å². The number of aliphatic hydroxyl groups is 1. The molecule has 15 heteroatoms. The summed E-state index contributed by atoms with van der Waals surface area (Å²) in [7, 11) is 1.85. The first-order valence-electron chi connectivity index (χ1n) is 25.0. The van der Waals surface area contributed by atoms with Crippen molar-refractivity contribution < 1.29 is 33.7 Å². The van der Waals surface area contributed by atoms with Gasteiger partial charge in [-0.1, -0.05) is 100.0 Å². The van der Waals surface area contributed by atoms with Crippen molar-refractivity contribution in [2.75, 3.05) is 25.3 Å². The highest BCUT2D eigenvalue weighted by molar-refractivity contribution is 5.91. The smallest absolute Gasteiger partial charge is 0.417 e. The Morgan fingerprint density at radius 2 is 1.71 bits per heavy atom. The molecule has 0 saturated heterocycles. The zero-order chi connectivity index (χ0) is 50.3. The first-order valence-corrected chi connectivity index (χ1v) is 25.0. The topological polar surface area (TPSA) is 171 Å². The number of cyclic esters (lactones) is 1. The van der Waals surface area contributed by atoms with Crippen LogP contribution in [-0.2, 0) is 57.3 Å².